The summed E-state index contributed by atoms with van der Waals surface area (Å²) >= 11 is 5.47. The zero-order valence-electron chi connectivity index (χ0n) is 22.2. The Morgan fingerprint density at radius 3 is 2.36 bits per heavy atom. The van der Waals surface area contributed by atoms with Crippen LogP contribution in [0.5, 0.6) is 0 Å². The number of alkyl halides is 1. The fourth-order valence-electron chi connectivity index (χ4n) is 6.39. The monoisotopic (exact) mass is 583 g/mol. The highest BCUT2D eigenvalue weighted by molar-refractivity contribution is 9.09. The second kappa shape index (κ2) is 11.6. The summed E-state index contributed by atoms with van der Waals surface area (Å²) in [4.78, 5) is 47.8. The number of fused-ring (bicyclic) bond motifs is 1. The van der Waals surface area contributed by atoms with E-state index in [0.717, 1.165) is 6.42 Å². The number of thioether (sulfide) groups is 1. The average molecular weight is 585 g/mol. The summed E-state index contributed by atoms with van der Waals surface area (Å²) < 4.78 is -0.726. The molecular formula is C27H42BrN3O4S. The van der Waals surface area contributed by atoms with Gasteiger partial charge >= 0.3 is 0 Å². The van der Waals surface area contributed by atoms with Crippen LogP contribution in [0.25, 0.3) is 0 Å². The molecule has 9 heteroatoms. The molecule has 7 nitrogen and oxygen atoms in total. The van der Waals surface area contributed by atoms with E-state index in [0.29, 0.717) is 26.1 Å². The number of halogens is 1. The lowest BCUT2D eigenvalue weighted by molar-refractivity contribution is -0.148. The molecule has 3 fully saturated rings. The molecule has 0 aliphatic carbocycles. The van der Waals surface area contributed by atoms with Crippen molar-refractivity contribution in [3.05, 3.63) is 25.3 Å². The predicted molar refractivity (Wildman–Crippen MR) is 149 cm³/mol. The number of hydrogen-bond acceptors (Lipinski definition) is 5. The molecule has 0 aromatic carbocycles. The largest absolute Gasteiger partial charge is 0.394 e. The van der Waals surface area contributed by atoms with Crippen LogP contribution in [0.15, 0.2) is 25.3 Å². The van der Waals surface area contributed by atoms with Crippen molar-refractivity contribution in [2.24, 2.45) is 17.8 Å². The van der Waals surface area contributed by atoms with Crippen molar-refractivity contribution >= 4 is 45.4 Å². The molecule has 3 heterocycles. The molecule has 0 radical (unpaired) electrons. The van der Waals surface area contributed by atoms with Crippen molar-refractivity contribution in [2.45, 2.75) is 80.4 Å². The molecule has 202 valence electrons. The smallest absolute Gasteiger partial charge is 0.247 e. The topological polar surface area (TPSA) is 81.2 Å². The Morgan fingerprint density at radius 2 is 1.86 bits per heavy atom. The van der Waals surface area contributed by atoms with Gasteiger partial charge in [-0.05, 0) is 32.6 Å². The molecule has 3 amide bonds. The summed E-state index contributed by atoms with van der Waals surface area (Å²) in [7, 11) is 0. The van der Waals surface area contributed by atoms with E-state index in [2.05, 4.69) is 29.1 Å². The van der Waals surface area contributed by atoms with Crippen molar-refractivity contribution in [1.29, 1.82) is 0 Å². The molecule has 1 N–H and O–H groups in total. The maximum absolute atomic E-state index is 14.3. The van der Waals surface area contributed by atoms with Crippen LogP contribution in [-0.4, -0.2) is 96.7 Å². The number of carbonyl (C=O) groups is 3. The van der Waals surface area contributed by atoms with Gasteiger partial charge in [0.15, 0.2) is 0 Å². The highest BCUT2D eigenvalue weighted by Gasteiger charge is 2.76. The first kappa shape index (κ1) is 29.2. The second-order valence-electron chi connectivity index (χ2n) is 10.8. The number of hydrogen-bond donors (Lipinski definition) is 1. The first-order valence-electron chi connectivity index (χ1n) is 13.1. The molecule has 3 aliphatic rings. The zero-order chi connectivity index (χ0) is 26.9. The van der Waals surface area contributed by atoms with Crippen molar-refractivity contribution in [3.63, 3.8) is 0 Å². The van der Waals surface area contributed by atoms with Crippen LogP contribution in [-0.2, 0) is 14.4 Å². The van der Waals surface area contributed by atoms with E-state index in [-0.39, 0.29) is 46.4 Å². The van der Waals surface area contributed by atoms with Gasteiger partial charge in [0, 0.05) is 35.8 Å². The molecule has 0 aromatic rings. The lowest BCUT2D eigenvalue weighted by Gasteiger charge is -2.41. The number of rotatable bonds is 12. The predicted octanol–water partition coefficient (Wildman–Crippen LogP) is 3.32. The van der Waals surface area contributed by atoms with Crippen molar-refractivity contribution in [1.82, 2.24) is 14.7 Å². The summed E-state index contributed by atoms with van der Waals surface area (Å²) in [5, 5.41) is 10.3. The Labute approximate surface area is 228 Å². The van der Waals surface area contributed by atoms with E-state index in [9.17, 15) is 19.5 Å². The Morgan fingerprint density at radius 1 is 1.22 bits per heavy atom. The van der Waals surface area contributed by atoms with Gasteiger partial charge in [0.05, 0.1) is 29.2 Å². The van der Waals surface area contributed by atoms with E-state index >= 15 is 0 Å². The summed E-state index contributed by atoms with van der Waals surface area (Å²) in [6.45, 7) is 18.7. The molecule has 1 spiro atoms. The zero-order valence-corrected chi connectivity index (χ0v) is 24.6. The van der Waals surface area contributed by atoms with Gasteiger partial charge in [-0.1, -0.05) is 48.9 Å². The molecule has 36 heavy (non-hydrogen) atoms. The third-order valence-electron chi connectivity index (χ3n) is 7.95. The van der Waals surface area contributed by atoms with Crippen LogP contribution in [0.2, 0.25) is 0 Å². The fourth-order valence-corrected chi connectivity index (χ4v) is 9.97. The molecule has 3 rings (SSSR count). The summed E-state index contributed by atoms with van der Waals surface area (Å²) in [6.07, 6.45) is 4.86. The maximum Gasteiger partial charge on any atom is 0.247 e. The fraction of sp³-hybridized carbons (Fsp3) is 0.741. The van der Waals surface area contributed by atoms with Crippen LogP contribution in [0.1, 0.15) is 47.5 Å². The Hall–Kier alpha value is -1.32. The van der Waals surface area contributed by atoms with E-state index in [1.165, 1.54) is 0 Å². The molecule has 7 atom stereocenters. The third-order valence-corrected chi connectivity index (χ3v) is 11.2. The molecule has 2 bridgehead atoms. The SMILES string of the molecule is C=CCN(CCC)C(=O)[C@H]1[C@H]2C(=O)N([C@@H](CO)C(C)C)C(C(=O)N(CC=C)C(C)C)C23CC(Br)[C@@H]1S3. The molecule has 3 unspecified atom stereocenters. The highest BCUT2D eigenvalue weighted by atomic mass is 79.9. The number of carbonyl (C=O) groups excluding carboxylic acids is 3. The standard InChI is InChI=1S/C27H42BrN3O4S/c1-8-11-29(12-9-2)24(33)20-21-25(34)31(19(15-32)16(4)5)23(26(35)30(13-10-3)17(6)7)27(21)14-18(28)22(20)36-27/h8,10,16-23,32H,1,3,9,11-15H2,2,4-7H3/t18?,19-,20-,21-,22-,23?,27?/m0/s1. The van der Waals surface area contributed by atoms with Gasteiger partial charge in [-0.25, -0.2) is 0 Å². The summed E-state index contributed by atoms with van der Waals surface area (Å²) in [5.74, 6) is -1.51. The molecule has 0 saturated carbocycles. The lowest BCUT2D eigenvalue weighted by Crippen LogP contribution is -2.59. The first-order valence-corrected chi connectivity index (χ1v) is 14.9. The van der Waals surface area contributed by atoms with Crippen molar-refractivity contribution in [2.75, 3.05) is 26.2 Å². The minimum Gasteiger partial charge on any atom is -0.394 e. The van der Waals surface area contributed by atoms with Gasteiger partial charge in [-0.15, -0.1) is 24.9 Å². The molecule has 3 saturated heterocycles. The van der Waals surface area contributed by atoms with E-state index in [1.54, 1.807) is 38.6 Å². The van der Waals surface area contributed by atoms with Gasteiger partial charge in [0.2, 0.25) is 17.7 Å². The van der Waals surface area contributed by atoms with E-state index in [1.807, 2.05) is 34.6 Å². The summed E-state index contributed by atoms with van der Waals surface area (Å²) in [6, 6.07) is -1.33. The van der Waals surface area contributed by atoms with Crippen LogP contribution in [0, 0.1) is 17.8 Å². The maximum atomic E-state index is 14.3. The van der Waals surface area contributed by atoms with E-state index in [4.69, 9.17) is 0 Å². The number of amides is 3. The first-order chi connectivity index (χ1) is 17.0. The number of likely N-dealkylation sites (tertiary alicyclic amines) is 1. The van der Waals surface area contributed by atoms with Crippen LogP contribution >= 0.6 is 27.7 Å². The number of aliphatic hydroxyl groups excluding tert-OH is 1. The Bertz CT molecular complexity index is 883. The molecule has 3 aliphatic heterocycles. The van der Waals surface area contributed by atoms with Gasteiger partial charge in [0.1, 0.15) is 6.04 Å². The Kier molecular flexibility index (Phi) is 9.42. The van der Waals surface area contributed by atoms with Crippen molar-refractivity contribution < 1.29 is 19.5 Å². The number of aliphatic hydroxyl groups is 1. The minimum atomic E-state index is -0.747. The third kappa shape index (κ3) is 4.68. The highest BCUT2D eigenvalue weighted by Crippen LogP contribution is 2.68. The van der Waals surface area contributed by atoms with Crippen LogP contribution in [0.4, 0.5) is 0 Å². The quantitative estimate of drug-likeness (QED) is 0.281. The van der Waals surface area contributed by atoms with Gasteiger partial charge in [0.25, 0.3) is 0 Å². The van der Waals surface area contributed by atoms with E-state index < -0.39 is 28.7 Å². The van der Waals surface area contributed by atoms with Crippen LogP contribution in [0.3, 0.4) is 0 Å². The lowest BCUT2D eigenvalue weighted by atomic mass is 9.70. The van der Waals surface area contributed by atoms with Crippen LogP contribution < -0.4 is 0 Å². The van der Waals surface area contributed by atoms with Crippen molar-refractivity contribution in [3.8, 4) is 0 Å². The normalized spacial score (nSPS) is 31.6. The van der Waals surface area contributed by atoms with Gasteiger partial charge in [-0.2, -0.15) is 0 Å². The molecular weight excluding hydrogens is 542 g/mol. The second-order valence-corrected chi connectivity index (χ2v) is 13.6. The van der Waals surface area contributed by atoms with Gasteiger partial charge < -0.3 is 19.8 Å². The Balaban J connectivity index is 2.16. The molecule has 0 aromatic heterocycles. The summed E-state index contributed by atoms with van der Waals surface area (Å²) in [5.41, 5.74) is 0. The number of nitrogens with zero attached hydrogens (tertiary/aromatic N) is 3. The average Bonchev–Trinajstić information content (AvgIpc) is 3.40. The van der Waals surface area contributed by atoms with Gasteiger partial charge in [-0.3, -0.25) is 14.4 Å². The minimum absolute atomic E-state index is 0.0153.